The zero-order chi connectivity index (χ0) is 24.5. The van der Waals surface area contributed by atoms with E-state index in [1.807, 2.05) is 44.2 Å². The van der Waals surface area contributed by atoms with Gasteiger partial charge in [-0.3, -0.25) is 14.2 Å². The predicted molar refractivity (Wildman–Crippen MR) is 140 cm³/mol. The molecule has 0 saturated heterocycles. The van der Waals surface area contributed by atoms with Crippen LogP contribution in [0.25, 0.3) is 20.4 Å². The maximum absolute atomic E-state index is 13.5. The van der Waals surface area contributed by atoms with Crippen LogP contribution in [-0.4, -0.2) is 26.2 Å². The highest BCUT2D eigenvalue weighted by Gasteiger charge is 2.18. The summed E-state index contributed by atoms with van der Waals surface area (Å²) in [5.74, 6) is -0.459. The van der Waals surface area contributed by atoms with E-state index in [0.29, 0.717) is 15.4 Å². The maximum Gasteiger partial charge on any atom is 0.272 e. The zero-order valence-corrected chi connectivity index (χ0v) is 20.7. The van der Waals surface area contributed by atoms with Crippen molar-refractivity contribution in [1.82, 2.24) is 14.5 Å². The number of aromatic nitrogens is 3. The average molecular weight is 505 g/mol. The monoisotopic (exact) mass is 504 g/mol. The molecule has 0 aliphatic heterocycles. The lowest BCUT2D eigenvalue weighted by Crippen LogP contribution is -2.24. The summed E-state index contributed by atoms with van der Waals surface area (Å²) in [6.07, 6.45) is 1.68. The first kappa shape index (κ1) is 23.2. The lowest BCUT2D eigenvalue weighted by molar-refractivity contribution is -0.113. The van der Waals surface area contributed by atoms with Gasteiger partial charge in [0.05, 0.1) is 17.8 Å². The Morgan fingerprint density at radius 3 is 2.71 bits per heavy atom. The molecule has 9 heteroatoms. The summed E-state index contributed by atoms with van der Waals surface area (Å²) in [4.78, 5) is 36.2. The molecule has 0 radical (unpaired) electrons. The van der Waals surface area contributed by atoms with E-state index in [1.54, 1.807) is 22.9 Å². The molecule has 35 heavy (non-hydrogen) atoms. The van der Waals surface area contributed by atoms with Crippen LogP contribution in [0.3, 0.4) is 0 Å². The van der Waals surface area contributed by atoms with Crippen LogP contribution in [0.1, 0.15) is 16.7 Å². The number of nitrogens with one attached hydrogen (secondary N) is 1. The first-order valence-corrected chi connectivity index (χ1v) is 12.7. The van der Waals surface area contributed by atoms with Gasteiger partial charge in [0, 0.05) is 17.3 Å². The van der Waals surface area contributed by atoms with Crippen molar-refractivity contribution in [2.24, 2.45) is 0 Å². The summed E-state index contributed by atoms with van der Waals surface area (Å²) in [5, 5.41) is 4.16. The highest BCUT2D eigenvalue weighted by Crippen LogP contribution is 2.30. The summed E-state index contributed by atoms with van der Waals surface area (Å²) < 4.78 is 15.5. The number of hydrogen-bond donors (Lipinski definition) is 1. The van der Waals surface area contributed by atoms with Crippen LogP contribution in [0.5, 0.6) is 0 Å². The van der Waals surface area contributed by atoms with Crippen molar-refractivity contribution in [1.29, 1.82) is 0 Å². The Balaban J connectivity index is 1.50. The summed E-state index contributed by atoms with van der Waals surface area (Å²) >= 11 is 2.49. The molecule has 0 fully saturated rings. The summed E-state index contributed by atoms with van der Waals surface area (Å²) in [7, 11) is 0. The van der Waals surface area contributed by atoms with Crippen LogP contribution in [0.4, 0.5) is 10.1 Å². The van der Waals surface area contributed by atoms with Gasteiger partial charge in [-0.25, -0.2) is 14.4 Å². The smallest absolute Gasteiger partial charge is 0.272 e. The van der Waals surface area contributed by atoms with Crippen molar-refractivity contribution in [3.05, 3.63) is 93.7 Å². The van der Waals surface area contributed by atoms with Gasteiger partial charge in [-0.2, -0.15) is 0 Å². The lowest BCUT2D eigenvalue weighted by Gasteiger charge is -2.13. The van der Waals surface area contributed by atoms with Crippen LogP contribution in [0.2, 0.25) is 0 Å². The summed E-state index contributed by atoms with van der Waals surface area (Å²) in [5.41, 5.74) is 3.98. The van der Waals surface area contributed by atoms with E-state index in [0.717, 1.165) is 32.6 Å². The number of pyridine rings is 1. The Kier molecular flexibility index (Phi) is 6.36. The molecule has 1 N–H and O–H groups in total. The number of carbonyl (C=O) groups is 1. The van der Waals surface area contributed by atoms with Gasteiger partial charge in [0.25, 0.3) is 5.56 Å². The molecule has 6 nitrogen and oxygen atoms in total. The maximum atomic E-state index is 13.5. The van der Waals surface area contributed by atoms with Gasteiger partial charge < -0.3 is 5.32 Å². The number of benzene rings is 2. The lowest BCUT2D eigenvalue weighted by atomic mass is 10.1. The zero-order valence-electron chi connectivity index (χ0n) is 19.0. The van der Waals surface area contributed by atoms with E-state index in [2.05, 4.69) is 10.3 Å². The number of anilines is 1. The van der Waals surface area contributed by atoms with Gasteiger partial charge in [-0.1, -0.05) is 41.6 Å². The molecule has 3 heterocycles. The number of aryl methyl sites for hydroxylation is 2. The van der Waals surface area contributed by atoms with Crippen LogP contribution < -0.4 is 10.9 Å². The first-order chi connectivity index (χ1) is 16.9. The molecule has 5 aromatic rings. The molecule has 0 atom stereocenters. The number of thiophene rings is 1. The molecular weight excluding hydrogens is 483 g/mol. The predicted octanol–water partition coefficient (Wildman–Crippen LogP) is 5.54. The molecule has 0 saturated carbocycles. The second-order valence-corrected chi connectivity index (χ2v) is 10.1. The second kappa shape index (κ2) is 9.59. The molecule has 1 amide bonds. The van der Waals surface area contributed by atoms with Gasteiger partial charge in [0.15, 0.2) is 5.16 Å². The SMILES string of the molecule is Cc1ccc(NC(=O)CSc2nc3c(sc4ncccc43)c(=O)n2Cc2ccc(F)cc2)c(C)c1. The summed E-state index contributed by atoms with van der Waals surface area (Å²) in [6.45, 7) is 4.16. The molecule has 0 bridgehead atoms. The second-order valence-electron chi connectivity index (χ2n) is 8.20. The fourth-order valence-corrected chi connectivity index (χ4v) is 5.66. The number of halogens is 1. The standard InChI is InChI=1S/C26H21FN4O2S2/c1-15-5-10-20(16(2)12-15)29-21(32)14-34-26-30-22-19-4-3-11-28-24(19)35-23(22)25(33)31(26)13-17-6-8-18(27)9-7-17/h3-12H,13-14H2,1-2H3,(H,29,32). The Morgan fingerprint density at radius 1 is 1.14 bits per heavy atom. The quantitative estimate of drug-likeness (QED) is 0.243. The van der Waals surface area contributed by atoms with Crippen molar-refractivity contribution >= 4 is 55.1 Å². The molecule has 176 valence electrons. The van der Waals surface area contributed by atoms with Gasteiger partial charge in [0.1, 0.15) is 15.3 Å². The number of thioether (sulfide) groups is 1. The van der Waals surface area contributed by atoms with Crippen LogP contribution in [-0.2, 0) is 11.3 Å². The minimum atomic E-state index is -0.345. The highest BCUT2D eigenvalue weighted by molar-refractivity contribution is 7.99. The summed E-state index contributed by atoms with van der Waals surface area (Å²) in [6, 6.07) is 15.5. The number of rotatable bonds is 6. The van der Waals surface area contributed by atoms with E-state index in [-0.39, 0.29) is 29.6 Å². The Morgan fingerprint density at radius 2 is 1.94 bits per heavy atom. The topological polar surface area (TPSA) is 76.9 Å². The largest absolute Gasteiger partial charge is 0.325 e. The number of hydrogen-bond acceptors (Lipinski definition) is 6. The molecule has 0 spiro atoms. The van der Waals surface area contributed by atoms with Crippen molar-refractivity contribution in [3.8, 4) is 0 Å². The number of fused-ring (bicyclic) bond motifs is 3. The van der Waals surface area contributed by atoms with E-state index in [4.69, 9.17) is 4.98 Å². The average Bonchev–Trinajstić information content (AvgIpc) is 3.22. The highest BCUT2D eigenvalue weighted by atomic mass is 32.2. The van der Waals surface area contributed by atoms with E-state index < -0.39 is 0 Å². The molecule has 0 aliphatic rings. The molecule has 2 aromatic carbocycles. The molecule has 3 aromatic heterocycles. The third-order valence-electron chi connectivity index (χ3n) is 5.56. The van der Waals surface area contributed by atoms with Gasteiger partial charge in [-0.15, -0.1) is 11.3 Å². The van der Waals surface area contributed by atoms with Gasteiger partial charge in [0.2, 0.25) is 5.91 Å². The van der Waals surface area contributed by atoms with Gasteiger partial charge in [-0.05, 0) is 55.3 Å². The number of amides is 1. The van der Waals surface area contributed by atoms with Crippen molar-refractivity contribution in [3.63, 3.8) is 0 Å². The first-order valence-electron chi connectivity index (χ1n) is 10.9. The fraction of sp³-hybridized carbons (Fsp3) is 0.154. The Hall–Kier alpha value is -3.56. The number of nitrogens with zero attached hydrogens (tertiary/aromatic N) is 3. The van der Waals surface area contributed by atoms with E-state index in [9.17, 15) is 14.0 Å². The third kappa shape index (κ3) is 4.82. The van der Waals surface area contributed by atoms with Gasteiger partial charge >= 0.3 is 0 Å². The molecule has 0 aliphatic carbocycles. The number of carbonyl (C=O) groups excluding carboxylic acids is 1. The molecule has 5 rings (SSSR count). The Labute approximate surface area is 208 Å². The van der Waals surface area contributed by atoms with Crippen molar-refractivity contribution in [2.45, 2.75) is 25.5 Å². The molecule has 0 unspecified atom stereocenters. The van der Waals surface area contributed by atoms with E-state index in [1.165, 1.54) is 35.2 Å². The third-order valence-corrected chi connectivity index (χ3v) is 7.63. The minimum absolute atomic E-state index is 0.0784. The van der Waals surface area contributed by atoms with E-state index >= 15 is 0 Å². The minimum Gasteiger partial charge on any atom is -0.325 e. The normalized spacial score (nSPS) is 11.3. The Bertz CT molecular complexity index is 1630. The van der Waals surface area contributed by atoms with Crippen LogP contribution >= 0.6 is 23.1 Å². The van der Waals surface area contributed by atoms with Crippen LogP contribution in [0, 0.1) is 19.7 Å². The molecular formula is C26H21FN4O2S2. The fourth-order valence-electron chi connectivity index (χ4n) is 3.83. The van der Waals surface area contributed by atoms with Crippen molar-refractivity contribution in [2.75, 3.05) is 11.1 Å². The van der Waals surface area contributed by atoms with Crippen LogP contribution in [0.15, 0.2) is 70.7 Å². The van der Waals surface area contributed by atoms with Crippen molar-refractivity contribution < 1.29 is 9.18 Å².